The number of carbonyl (C=O) groups is 2. The zero-order valence-electron chi connectivity index (χ0n) is 16.6. The van der Waals surface area contributed by atoms with Crippen molar-refractivity contribution >= 4 is 17.8 Å². The first-order valence-corrected chi connectivity index (χ1v) is 10.0. The number of nitrogens with one attached hydrogen (secondary N) is 2. The van der Waals surface area contributed by atoms with E-state index >= 15 is 0 Å². The van der Waals surface area contributed by atoms with E-state index in [1.807, 2.05) is 25.9 Å². The lowest BCUT2D eigenvalue weighted by Gasteiger charge is -2.29. The van der Waals surface area contributed by atoms with Crippen molar-refractivity contribution in [2.75, 3.05) is 46.8 Å². The Morgan fingerprint density at radius 1 is 1.08 bits per heavy atom. The van der Waals surface area contributed by atoms with Crippen molar-refractivity contribution in [3.63, 3.8) is 0 Å². The Morgan fingerprint density at radius 2 is 1.73 bits per heavy atom. The minimum atomic E-state index is -0.364. The molecule has 1 heterocycles. The average molecular weight is 366 g/mol. The number of hydrogen-bond donors (Lipinski definition) is 2. The topological polar surface area (TPSA) is 77.0 Å². The zero-order valence-corrected chi connectivity index (χ0v) is 16.6. The molecular formula is C19H35N5O2. The van der Waals surface area contributed by atoms with E-state index in [0.29, 0.717) is 25.5 Å². The van der Waals surface area contributed by atoms with Gasteiger partial charge in [-0.15, -0.1) is 0 Å². The second kappa shape index (κ2) is 9.78. The van der Waals surface area contributed by atoms with Crippen LogP contribution in [0.2, 0.25) is 0 Å². The summed E-state index contributed by atoms with van der Waals surface area (Å²) in [6, 6.07) is 0. The summed E-state index contributed by atoms with van der Waals surface area (Å²) in [5.41, 5.74) is -0.364. The summed E-state index contributed by atoms with van der Waals surface area (Å²) >= 11 is 0. The maximum atomic E-state index is 12.7. The van der Waals surface area contributed by atoms with E-state index in [0.717, 1.165) is 58.2 Å². The molecule has 2 amide bonds. The van der Waals surface area contributed by atoms with Gasteiger partial charge >= 0.3 is 0 Å². The van der Waals surface area contributed by atoms with Crippen LogP contribution in [0, 0.1) is 5.41 Å². The molecule has 2 fully saturated rings. The molecule has 1 saturated heterocycles. The van der Waals surface area contributed by atoms with Crippen LogP contribution >= 0.6 is 0 Å². The summed E-state index contributed by atoms with van der Waals surface area (Å²) in [6.45, 7) is 5.61. The number of amides is 2. The molecule has 0 unspecified atom stereocenters. The Hall–Kier alpha value is -1.79. The van der Waals surface area contributed by atoms with Gasteiger partial charge in [0.25, 0.3) is 0 Å². The Kier molecular flexibility index (Phi) is 7.72. The second-order valence-electron chi connectivity index (χ2n) is 7.65. The summed E-state index contributed by atoms with van der Waals surface area (Å²) in [6.07, 6.45) is 6.69. The second-order valence-corrected chi connectivity index (χ2v) is 7.65. The highest BCUT2D eigenvalue weighted by Crippen LogP contribution is 2.39. The predicted octanol–water partition coefficient (Wildman–Crippen LogP) is 1.20. The number of guanidine groups is 1. The lowest BCUT2D eigenvalue weighted by atomic mass is 9.85. The number of aliphatic imine (C=N–C) groups is 1. The molecular weight excluding hydrogens is 330 g/mol. The summed E-state index contributed by atoms with van der Waals surface area (Å²) in [7, 11) is 3.64. The van der Waals surface area contributed by atoms with Gasteiger partial charge < -0.3 is 20.4 Å². The SMILES string of the molecule is CCNC(=NCC1(C(=O)N(C)C)CCCC1)NCCC(=O)N1CCCC1. The smallest absolute Gasteiger partial charge is 0.230 e. The van der Waals surface area contributed by atoms with E-state index in [-0.39, 0.29) is 17.2 Å². The van der Waals surface area contributed by atoms with E-state index < -0.39 is 0 Å². The largest absolute Gasteiger partial charge is 0.357 e. The number of nitrogens with zero attached hydrogens (tertiary/aromatic N) is 3. The maximum absolute atomic E-state index is 12.7. The van der Waals surface area contributed by atoms with Crippen LogP contribution in [0.25, 0.3) is 0 Å². The molecule has 0 spiro atoms. The van der Waals surface area contributed by atoms with Gasteiger partial charge in [0, 0.05) is 46.7 Å². The Bertz CT molecular complexity index is 506. The third-order valence-electron chi connectivity index (χ3n) is 5.39. The molecule has 1 saturated carbocycles. The normalized spacial score (nSPS) is 19.5. The molecule has 1 aliphatic heterocycles. The van der Waals surface area contributed by atoms with Gasteiger partial charge in [-0.2, -0.15) is 0 Å². The molecule has 26 heavy (non-hydrogen) atoms. The van der Waals surface area contributed by atoms with Crippen LogP contribution in [0.1, 0.15) is 51.9 Å². The van der Waals surface area contributed by atoms with E-state index in [1.54, 1.807) is 4.90 Å². The zero-order chi connectivity index (χ0) is 19.0. The van der Waals surface area contributed by atoms with E-state index in [1.165, 1.54) is 0 Å². The van der Waals surface area contributed by atoms with Crippen molar-refractivity contribution < 1.29 is 9.59 Å². The molecule has 7 nitrogen and oxygen atoms in total. The molecule has 148 valence electrons. The number of rotatable bonds is 7. The lowest BCUT2D eigenvalue weighted by Crippen LogP contribution is -2.43. The molecule has 2 rings (SSSR count). The monoisotopic (exact) mass is 365 g/mol. The fourth-order valence-electron chi connectivity index (χ4n) is 3.95. The molecule has 0 aromatic heterocycles. The van der Waals surface area contributed by atoms with Crippen molar-refractivity contribution in [2.45, 2.75) is 51.9 Å². The van der Waals surface area contributed by atoms with Gasteiger partial charge in [0.15, 0.2) is 5.96 Å². The highest BCUT2D eigenvalue weighted by molar-refractivity contribution is 5.84. The minimum Gasteiger partial charge on any atom is -0.357 e. The summed E-state index contributed by atoms with van der Waals surface area (Å²) in [5, 5.41) is 6.48. The van der Waals surface area contributed by atoms with Gasteiger partial charge in [-0.25, -0.2) is 0 Å². The van der Waals surface area contributed by atoms with Gasteiger partial charge in [-0.3, -0.25) is 14.6 Å². The molecule has 7 heteroatoms. The van der Waals surface area contributed by atoms with Crippen molar-refractivity contribution in [3.8, 4) is 0 Å². The summed E-state index contributed by atoms with van der Waals surface area (Å²) in [4.78, 5) is 33.1. The van der Waals surface area contributed by atoms with Gasteiger partial charge in [0.1, 0.15) is 0 Å². The molecule has 2 aliphatic rings. The van der Waals surface area contributed by atoms with Crippen LogP contribution < -0.4 is 10.6 Å². The van der Waals surface area contributed by atoms with Crippen LogP contribution in [-0.2, 0) is 9.59 Å². The standard InChI is InChI=1S/C19H35N5O2/c1-4-20-18(21-12-9-16(25)24-13-7-8-14-24)22-15-19(10-5-6-11-19)17(26)23(2)3/h4-15H2,1-3H3,(H2,20,21,22). The molecule has 2 N–H and O–H groups in total. The number of hydrogen-bond acceptors (Lipinski definition) is 3. The quantitative estimate of drug-likeness (QED) is 0.525. The summed E-state index contributed by atoms with van der Waals surface area (Å²) < 4.78 is 0. The highest BCUT2D eigenvalue weighted by atomic mass is 16.2. The van der Waals surface area contributed by atoms with Crippen LogP contribution in [0.3, 0.4) is 0 Å². The third kappa shape index (κ3) is 5.35. The van der Waals surface area contributed by atoms with Gasteiger partial charge in [-0.1, -0.05) is 12.8 Å². The van der Waals surface area contributed by atoms with E-state index in [4.69, 9.17) is 0 Å². The maximum Gasteiger partial charge on any atom is 0.230 e. The van der Waals surface area contributed by atoms with Crippen molar-refractivity contribution in [2.24, 2.45) is 10.4 Å². The molecule has 0 radical (unpaired) electrons. The predicted molar refractivity (Wildman–Crippen MR) is 104 cm³/mol. The first-order valence-electron chi connectivity index (χ1n) is 10.0. The highest BCUT2D eigenvalue weighted by Gasteiger charge is 2.42. The van der Waals surface area contributed by atoms with Crippen LogP contribution in [-0.4, -0.2) is 74.4 Å². The fourth-order valence-corrected chi connectivity index (χ4v) is 3.95. The number of likely N-dealkylation sites (tertiary alicyclic amines) is 1. The molecule has 0 aromatic rings. The van der Waals surface area contributed by atoms with Crippen molar-refractivity contribution in [1.29, 1.82) is 0 Å². The van der Waals surface area contributed by atoms with Gasteiger partial charge in [-0.05, 0) is 32.6 Å². The van der Waals surface area contributed by atoms with Crippen molar-refractivity contribution in [3.05, 3.63) is 0 Å². The Balaban J connectivity index is 1.90. The van der Waals surface area contributed by atoms with Crippen LogP contribution in [0.4, 0.5) is 0 Å². The fraction of sp³-hybridized carbons (Fsp3) is 0.842. The minimum absolute atomic E-state index is 0.179. The first kappa shape index (κ1) is 20.5. The molecule has 0 bridgehead atoms. The van der Waals surface area contributed by atoms with E-state index in [9.17, 15) is 9.59 Å². The Morgan fingerprint density at radius 3 is 2.31 bits per heavy atom. The summed E-state index contributed by atoms with van der Waals surface area (Å²) in [5.74, 6) is 1.08. The molecule has 0 aromatic carbocycles. The Labute approximate surface area is 157 Å². The lowest BCUT2D eigenvalue weighted by molar-refractivity contribution is -0.138. The molecule has 0 atom stereocenters. The van der Waals surface area contributed by atoms with Crippen LogP contribution in [0.15, 0.2) is 4.99 Å². The molecule has 1 aliphatic carbocycles. The van der Waals surface area contributed by atoms with Gasteiger partial charge in [0.05, 0.1) is 12.0 Å². The first-order chi connectivity index (χ1) is 12.5. The van der Waals surface area contributed by atoms with Crippen molar-refractivity contribution in [1.82, 2.24) is 20.4 Å². The average Bonchev–Trinajstić information content (AvgIpc) is 3.31. The number of carbonyl (C=O) groups excluding carboxylic acids is 2. The van der Waals surface area contributed by atoms with Gasteiger partial charge in [0.2, 0.25) is 11.8 Å². The van der Waals surface area contributed by atoms with E-state index in [2.05, 4.69) is 15.6 Å². The van der Waals surface area contributed by atoms with Crippen LogP contribution in [0.5, 0.6) is 0 Å². The third-order valence-corrected chi connectivity index (χ3v) is 5.39.